The number of alkyl halides is 3. The van der Waals surface area contributed by atoms with Gasteiger partial charge in [-0.1, -0.05) is 19.1 Å². The molecule has 0 unspecified atom stereocenters. The van der Waals surface area contributed by atoms with Crippen LogP contribution in [-0.2, 0) is 50.3 Å². The lowest BCUT2D eigenvalue weighted by molar-refractivity contribution is -0.145. The molecule has 0 heterocycles. The van der Waals surface area contributed by atoms with Gasteiger partial charge in [0, 0.05) is 16.8 Å². The standard InChI is InChI=1S/C31H31F4NO8S/c1-4-21-25(44-45(39,40)31(33,34)35)13-14-26(30(21)42-17-19-9-11-20(32)12-10-19)43-29-18(3)15-24(22-7-6-8-23(22)29)36-27(37)16-28(38)41-5-2/h9-15H,4-8,16-17H2,1-3H3,(H,36,37). The second kappa shape index (κ2) is 13.8. The lowest BCUT2D eigenvalue weighted by Crippen LogP contribution is -2.28. The maximum absolute atomic E-state index is 13.4. The number of amides is 1. The van der Waals surface area contributed by atoms with Gasteiger partial charge in [0.25, 0.3) is 0 Å². The fraction of sp³-hybridized carbons (Fsp3) is 0.355. The zero-order chi connectivity index (χ0) is 32.9. The number of carbonyl (C=O) groups excluding carboxylic acids is 2. The van der Waals surface area contributed by atoms with Gasteiger partial charge in [-0.25, -0.2) is 4.39 Å². The van der Waals surface area contributed by atoms with E-state index in [1.165, 1.54) is 30.3 Å². The fourth-order valence-electron chi connectivity index (χ4n) is 4.94. The molecule has 9 nitrogen and oxygen atoms in total. The van der Waals surface area contributed by atoms with Crippen LogP contribution in [0.15, 0.2) is 42.5 Å². The average Bonchev–Trinajstić information content (AvgIpc) is 3.45. The number of halogens is 4. The topological polar surface area (TPSA) is 117 Å². The second-order valence-corrected chi connectivity index (χ2v) is 11.7. The molecule has 1 aliphatic rings. The van der Waals surface area contributed by atoms with E-state index in [9.17, 15) is 35.6 Å². The predicted molar refractivity (Wildman–Crippen MR) is 155 cm³/mol. The summed E-state index contributed by atoms with van der Waals surface area (Å²) in [4.78, 5) is 24.3. The molecule has 0 saturated heterocycles. The highest BCUT2D eigenvalue weighted by Crippen LogP contribution is 2.46. The third-order valence-electron chi connectivity index (χ3n) is 6.95. The smallest absolute Gasteiger partial charge is 0.485 e. The van der Waals surface area contributed by atoms with Crippen LogP contribution in [0.1, 0.15) is 54.5 Å². The SMILES string of the molecule is CCOC(=O)CC(=O)Nc1cc(C)c(Oc2ccc(OS(=O)(=O)C(F)(F)F)c(CC)c2OCc2ccc(F)cc2)c2c1CCC2. The van der Waals surface area contributed by atoms with Gasteiger partial charge in [-0.15, -0.1) is 0 Å². The lowest BCUT2D eigenvalue weighted by Gasteiger charge is -2.22. The lowest BCUT2D eigenvalue weighted by atomic mass is 10.0. The third kappa shape index (κ3) is 7.85. The number of carbonyl (C=O) groups is 2. The van der Waals surface area contributed by atoms with Gasteiger partial charge < -0.3 is 23.7 Å². The van der Waals surface area contributed by atoms with Crippen molar-refractivity contribution in [3.8, 4) is 23.0 Å². The number of fused-ring (bicyclic) bond motifs is 1. The van der Waals surface area contributed by atoms with Crippen molar-refractivity contribution in [1.82, 2.24) is 0 Å². The average molecular weight is 654 g/mol. The van der Waals surface area contributed by atoms with Crippen LogP contribution in [0.3, 0.4) is 0 Å². The number of hydrogen-bond acceptors (Lipinski definition) is 8. The summed E-state index contributed by atoms with van der Waals surface area (Å²) < 4.78 is 98.3. The normalized spacial score (nSPS) is 12.8. The van der Waals surface area contributed by atoms with Gasteiger partial charge in [0.1, 0.15) is 30.3 Å². The molecule has 0 atom stereocenters. The molecule has 3 aromatic carbocycles. The molecule has 0 saturated carbocycles. The first kappa shape index (κ1) is 33.6. The molecule has 1 aliphatic carbocycles. The van der Waals surface area contributed by atoms with Crippen LogP contribution in [0.25, 0.3) is 0 Å². The van der Waals surface area contributed by atoms with Crippen molar-refractivity contribution in [2.24, 2.45) is 0 Å². The number of esters is 1. The Labute approximate surface area is 257 Å². The van der Waals surface area contributed by atoms with Gasteiger partial charge in [-0.2, -0.15) is 21.6 Å². The van der Waals surface area contributed by atoms with Crippen LogP contribution in [0.4, 0.5) is 23.2 Å². The Morgan fingerprint density at radius 3 is 2.27 bits per heavy atom. The summed E-state index contributed by atoms with van der Waals surface area (Å²) in [5.41, 5.74) is -2.43. The van der Waals surface area contributed by atoms with Crippen LogP contribution in [0.2, 0.25) is 0 Å². The van der Waals surface area contributed by atoms with Crippen molar-refractivity contribution in [1.29, 1.82) is 0 Å². The van der Waals surface area contributed by atoms with Crippen LogP contribution >= 0.6 is 0 Å². The Bertz CT molecular complexity index is 1690. The molecular formula is C31H31F4NO8S. The number of ether oxygens (including phenoxy) is 3. The van der Waals surface area contributed by atoms with Gasteiger partial charge >= 0.3 is 21.6 Å². The van der Waals surface area contributed by atoms with Crippen molar-refractivity contribution in [3.05, 3.63) is 76.1 Å². The van der Waals surface area contributed by atoms with Crippen molar-refractivity contribution in [2.45, 2.75) is 65.0 Å². The molecule has 4 rings (SSSR count). The van der Waals surface area contributed by atoms with E-state index < -0.39 is 45.5 Å². The molecular weight excluding hydrogens is 622 g/mol. The summed E-state index contributed by atoms with van der Waals surface area (Å²) in [6, 6.07) is 9.34. The molecule has 1 N–H and O–H groups in total. The zero-order valence-corrected chi connectivity index (χ0v) is 25.5. The summed E-state index contributed by atoms with van der Waals surface area (Å²) in [7, 11) is -5.99. The number of nitrogens with one attached hydrogen (secondary N) is 1. The van der Waals surface area contributed by atoms with Crippen molar-refractivity contribution >= 4 is 27.7 Å². The summed E-state index contributed by atoms with van der Waals surface area (Å²) >= 11 is 0. The molecule has 14 heteroatoms. The largest absolute Gasteiger partial charge is 0.534 e. The Hall–Kier alpha value is -4.33. The van der Waals surface area contributed by atoms with Gasteiger partial charge in [-0.05, 0) is 86.6 Å². The van der Waals surface area contributed by atoms with Gasteiger partial charge in [0.05, 0.1) is 6.61 Å². The van der Waals surface area contributed by atoms with E-state index in [4.69, 9.17) is 14.2 Å². The maximum atomic E-state index is 13.4. The zero-order valence-electron chi connectivity index (χ0n) is 24.7. The number of rotatable bonds is 12. The first-order chi connectivity index (χ1) is 21.2. The minimum absolute atomic E-state index is 0.000385. The summed E-state index contributed by atoms with van der Waals surface area (Å²) in [5, 5.41) is 2.76. The molecule has 3 aromatic rings. The minimum Gasteiger partial charge on any atom is -0.485 e. The molecule has 0 aliphatic heterocycles. The Morgan fingerprint density at radius 1 is 0.956 bits per heavy atom. The number of hydrogen-bond donors (Lipinski definition) is 1. The molecule has 242 valence electrons. The number of benzene rings is 3. The monoisotopic (exact) mass is 653 g/mol. The van der Waals surface area contributed by atoms with E-state index in [0.717, 1.165) is 23.6 Å². The first-order valence-corrected chi connectivity index (χ1v) is 15.5. The number of aryl methyl sites for hydroxylation is 1. The van der Waals surface area contributed by atoms with E-state index in [-0.39, 0.29) is 36.7 Å². The minimum atomic E-state index is -5.99. The number of anilines is 1. The van der Waals surface area contributed by atoms with Gasteiger partial charge in [-0.3, -0.25) is 9.59 Å². The maximum Gasteiger partial charge on any atom is 0.534 e. The van der Waals surface area contributed by atoms with E-state index in [2.05, 4.69) is 9.50 Å². The van der Waals surface area contributed by atoms with E-state index in [1.807, 2.05) is 0 Å². The summed E-state index contributed by atoms with van der Waals surface area (Å²) in [6.45, 7) is 4.95. The predicted octanol–water partition coefficient (Wildman–Crippen LogP) is 6.68. The van der Waals surface area contributed by atoms with Crippen LogP contribution in [0, 0.1) is 12.7 Å². The van der Waals surface area contributed by atoms with Crippen LogP contribution < -0.4 is 19.0 Å². The third-order valence-corrected chi connectivity index (χ3v) is 7.91. The Morgan fingerprint density at radius 2 is 1.62 bits per heavy atom. The Balaban J connectivity index is 1.73. The van der Waals surface area contributed by atoms with E-state index >= 15 is 0 Å². The van der Waals surface area contributed by atoms with Crippen LogP contribution in [-0.4, -0.2) is 32.4 Å². The van der Waals surface area contributed by atoms with Gasteiger partial charge in [0.2, 0.25) is 5.91 Å². The fourth-order valence-corrected chi connectivity index (χ4v) is 5.43. The molecule has 45 heavy (non-hydrogen) atoms. The molecule has 0 aromatic heterocycles. The highest BCUT2D eigenvalue weighted by Gasteiger charge is 2.49. The van der Waals surface area contributed by atoms with E-state index in [1.54, 1.807) is 26.8 Å². The molecule has 0 fully saturated rings. The first-order valence-electron chi connectivity index (χ1n) is 14.1. The highest BCUT2D eigenvalue weighted by atomic mass is 32.2. The van der Waals surface area contributed by atoms with Crippen molar-refractivity contribution in [3.63, 3.8) is 0 Å². The highest BCUT2D eigenvalue weighted by molar-refractivity contribution is 7.88. The Kier molecular flexibility index (Phi) is 10.3. The van der Waals surface area contributed by atoms with Crippen LogP contribution in [0.5, 0.6) is 23.0 Å². The van der Waals surface area contributed by atoms with E-state index in [0.29, 0.717) is 35.4 Å². The summed E-state index contributed by atoms with van der Waals surface area (Å²) in [5.74, 6) is -1.82. The summed E-state index contributed by atoms with van der Waals surface area (Å²) in [6.07, 6.45) is 1.49. The molecule has 0 radical (unpaired) electrons. The van der Waals surface area contributed by atoms with Crippen molar-refractivity contribution < 1.29 is 54.0 Å². The molecule has 0 bridgehead atoms. The second-order valence-electron chi connectivity index (χ2n) is 10.1. The quantitative estimate of drug-likeness (QED) is 0.0757. The molecule has 1 amide bonds. The molecule has 0 spiro atoms. The van der Waals surface area contributed by atoms with Gasteiger partial charge in [0.15, 0.2) is 11.5 Å². The van der Waals surface area contributed by atoms with Crippen molar-refractivity contribution in [2.75, 3.05) is 11.9 Å².